The highest BCUT2D eigenvalue weighted by molar-refractivity contribution is 7.80. The number of nitrogens with zero attached hydrogens (tertiary/aromatic N) is 3. The minimum Gasteiger partial charge on any atom is -0.397 e. The Kier molecular flexibility index (Phi) is 6.54. The molecule has 1 atom stereocenters. The van der Waals surface area contributed by atoms with Crippen molar-refractivity contribution in [1.82, 2.24) is 4.90 Å². The predicted octanol–water partition coefficient (Wildman–Crippen LogP) is 4.98. The highest BCUT2D eigenvalue weighted by Gasteiger charge is 2.51. The first-order valence-electron chi connectivity index (χ1n) is 8.88. The van der Waals surface area contributed by atoms with Crippen LogP contribution in [0.5, 0.6) is 0 Å². The highest BCUT2D eigenvalue weighted by atomic mass is 35.5. The smallest absolute Gasteiger partial charge is 0.397 e. The molecular weight excluding hydrogens is 437 g/mol. The molecule has 0 saturated carbocycles. The van der Waals surface area contributed by atoms with Gasteiger partial charge in [-0.3, -0.25) is 9.69 Å². The van der Waals surface area contributed by atoms with Gasteiger partial charge in [0.15, 0.2) is 5.11 Å². The number of amides is 1. The molecule has 10 heteroatoms. The number of carbonyl (C=O) groups is 1. The molecule has 1 aromatic carbocycles. The van der Waals surface area contributed by atoms with E-state index < -0.39 is 34.8 Å². The first-order chi connectivity index (χ1) is 13.8. The van der Waals surface area contributed by atoms with Crippen LogP contribution in [0.3, 0.4) is 0 Å². The molecule has 1 aliphatic rings. The lowest BCUT2D eigenvalue weighted by atomic mass is 10.0. The number of rotatable bonds is 5. The Morgan fingerprint density at radius 2 is 2.07 bits per heavy atom. The molecule has 30 heavy (non-hydrogen) atoms. The molecule has 1 aliphatic heterocycles. The van der Waals surface area contributed by atoms with Crippen molar-refractivity contribution >= 4 is 46.2 Å². The molecule has 2 N–H and O–H groups in total. The Labute approximate surface area is 183 Å². The lowest BCUT2D eigenvalue weighted by molar-refractivity contribution is -0.130. The van der Waals surface area contributed by atoms with Crippen molar-refractivity contribution in [3.8, 4) is 6.07 Å². The zero-order valence-corrected chi connectivity index (χ0v) is 18.1. The van der Waals surface area contributed by atoms with Gasteiger partial charge in [0.05, 0.1) is 34.0 Å². The van der Waals surface area contributed by atoms with Gasteiger partial charge >= 0.3 is 6.18 Å². The van der Waals surface area contributed by atoms with Gasteiger partial charge in [-0.25, -0.2) is 0 Å². The molecule has 160 valence electrons. The van der Waals surface area contributed by atoms with E-state index >= 15 is 0 Å². The van der Waals surface area contributed by atoms with Crippen molar-refractivity contribution in [1.29, 1.82) is 5.26 Å². The average Bonchev–Trinajstić information content (AvgIpc) is 2.82. The Hall–Kier alpha value is -2.57. The number of hydrogen-bond acceptors (Lipinski definition) is 4. The van der Waals surface area contributed by atoms with Crippen LogP contribution in [0.2, 0.25) is 5.02 Å². The zero-order valence-electron chi connectivity index (χ0n) is 16.5. The van der Waals surface area contributed by atoms with Crippen LogP contribution in [0.4, 0.5) is 24.5 Å². The second-order valence-electron chi connectivity index (χ2n) is 7.20. The SMILES string of the molecule is C=C(C#N)/C(=C\C(CC)N1C(=O)C(C)(C)N(c2ccc(Cl)c(N)c2)C1=S)C(F)(F)F. The van der Waals surface area contributed by atoms with E-state index in [-0.39, 0.29) is 17.2 Å². The maximum atomic E-state index is 13.5. The quantitative estimate of drug-likeness (QED) is 0.293. The molecule has 1 unspecified atom stereocenters. The maximum Gasteiger partial charge on any atom is 0.417 e. The fourth-order valence-corrected chi connectivity index (χ4v) is 3.88. The summed E-state index contributed by atoms with van der Waals surface area (Å²) in [6.07, 6.45) is -3.84. The first kappa shape index (κ1) is 23.7. The average molecular weight is 457 g/mol. The Balaban J connectivity index is 2.57. The van der Waals surface area contributed by atoms with Gasteiger partial charge in [0.25, 0.3) is 5.91 Å². The van der Waals surface area contributed by atoms with Gasteiger partial charge in [-0.2, -0.15) is 18.4 Å². The normalized spacial score (nSPS) is 17.9. The number of nitrogen functional groups attached to an aromatic ring is 1. The van der Waals surface area contributed by atoms with Crippen LogP contribution >= 0.6 is 23.8 Å². The molecule has 2 rings (SSSR count). The summed E-state index contributed by atoms with van der Waals surface area (Å²) in [7, 11) is 0. The monoisotopic (exact) mass is 456 g/mol. The number of carbonyl (C=O) groups excluding carboxylic acids is 1. The van der Waals surface area contributed by atoms with Crippen LogP contribution in [-0.4, -0.2) is 33.7 Å². The molecule has 1 aromatic rings. The summed E-state index contributed by atoms with van der Waals surface area (Å²) in [6.45, 7) is 8.03. The van der Waals surface area contributed by atoms with Crippen molar-refractivity contribution in [3.63, 3.8) is 0 Å². The van der Waals surface area contributed by atoms with Gasteiger partial charge in [0.1, 0.15) is 5.54 Å². The van der Waals surface area contributed by atoms with Crippen molar-refractivity contribution in [2.75, 3.05) is 10.6 Å². The van der Waals surface area contributed by atoms with E-state index in [9.17, 15) is 18.0 Å². The summed E-state index contributed by atoms with van der Waals surface area (Å²) in [4.78, 5) is 15.8. The van der Waals surface area contributed by atoms with Crippen molar-refractivity contribution in [3.05, 3.63) is 47.0 Å². The number of anilines is 2. The standard InChI is InChI=1S/C20H20ClF3N4OS/c1-5-12(8-14(11(2)10-25)20(22,23)24)27-17(29)19(3,4)28(18(27)30)13-6-7-15(21)16(26)9-13/h6-9,12H,2,5,26H2,1,3-4H3/b14-8+. The minimum atomic E-state index is -4.80. The fourth-order valence-electron chi connectivity index (χ4n) is 3.21. The Bertz CT molecular complexity index is 981. The molecule has 0 aliphatic carbocycles. The summed E-state index contributed by atoms with van der Waals surface area (Å²) in [6, 6.07) is 5.11. The number of hydrogen-bond donors (Lipinski definition) is 1. The molecule has 1 amide bonds. The lowest BCUT2D eigenvalue weighted by Crippen LogP contribution is -2.44. The van der Waals surface area contributed by atoms with Gasteiger partial charge in [-0.05, 0) is 56.8 Å². The first-order valence-corrected chi connectivity index (χ1v) is 9.67. The van der Waals surface area contributed by atoms with E-state index in [4.69, 9.17) is 34.8 Å². The van der Waals surface area contributed by atoms with Gasteiger partial charge in [-0.15, -0.1) is 0 Å². The third-order valence-corrected chi connectivity index (χ3v) is 5.53. The minimum absolute atomic E-state index is 0.0268. The summed E-state index contributed by atoms with van der Waals surface area (Å²) in [5.41, 5.74) is 3.52. The summed E-state index contributed by atoms with van der Waals surface area (Å²) >= 11 is 11.5. The molecule has 1 fully saturated rings. The number of halogens is 4. The number of benzene rings is 1. The van der Waals surface area contributed by atoms with Crippen molar-refractivity contribution < 1.29 is 18.0 Å². The van der Waals surface area contributed by atoms with Crippen LogP contribution in [0.15, 0.2) is 42.0 Å². The molecule has 0 aromatic heterocycles. The lowest BCUT2D eigenvalue weighted by Gasteiger charge is -2.30. The molecule has 1 saturated heterocycles. The van der Waals surface area contributed by atoms with E-state index in [2.05, 4.69) is 6.58 Å². The molecule has 5 nitrogen and oxygen atoms in total. The van der Waals surface area contributed by atoms with Crippen LogP contribution < -0.4 is 10.6 Å². The highest BCUT2D eigenvalue weighted by Crippen LogP contribution is 2.38. The van der Waals surface area contributed by atoms with Crippen LogP contribution in [0.25, 0.3) is 0 Å². The zero-order chi connectivity index (χ0) is 23.0. The number of allylic oxidation sites excluding steroid dienone is 2. The Morgan fingerprint density at radius 3 is 2.53 bits per heavy atom. The number of alkyl halides is 3. The van der Waals surface area contributed by atoms with Gasteiger partial charge in [0, 0.05) is 5.69 Å². The summed E-state index contributed by atoms with van der Waals surface area (Å²) in [5, 5.41) is 9.27. The third-order valence-electron chi connectivity index (χ3n) is 4.81. The predicted molar refractivity (Wildman–Crippen MR) is 115 cm³/mol. The van der Waals surface area contributed by atoms with Gasteiger partial charge < -0.3 is 10.6 Å². The summed E-state index contributed by atoms with van der Waals surface area (Å²) < 4.78 is 40.4. The molecule has 0 spiro atoms. The van der Waals surface area contributed by atoms with Crippen LogP contribution in [-0.2, 0) is 4.79 Å². The number of nitrogens with two attached hydrogens (primary N) is 1. The van der Waals surface area contributed by atoms with E-state index in [1.54, 1.807) is 39.0 Å². The maximum absolute atomic E-state index is 13.5. The van der Waals surface area contributed by atoms with E-state index in [1.165, 1.54) is 11.0 Å². The Morgan fingerprint density at radius 1 is 1.47 bits per heavy atom. The fraction of sp³-hybridized carbons (Fsp3) is 0.350. The van der Waals surface area contributed by atoms with Gasteiger partial charge in [-0.1, -0.05) is 25.1 Å². The molecular formula is C20H20ClF3N4OS. The van der Waals surface area contributed by atoms with E-state index in [0.29, 0.717) is 10.7 Å². The van der Waals surface area contributed by atoms with Gasteiger partial charge in [0.2, 0.25) is 0 Å². The number of thiocarbonyl (C=S) groups is 1. The van der Waals surface area contributed by atoms with E-state index in [1.807, 2.05) is 0 Å². The van der Waals surface area contributed by atoms with E-state index in [0.717, 1.165) is 11.0 Å². The van der Waals surface area contributed by atoms with Crippen LogP contribution in [0, 0.1) is 11.3 Å². The summed E-state index contributed by atoms with van der Waals surface area (Å²) in [5.74, 6) is -0.479. The van der Waals surface area contributed by atoms with Crippen LogP contribution in [0.1, 0.15) is 27.2 Å². The van der Waals surface area contributed by atoms with Crippen molar-refractivity contribution in [2.45, 2.75) is 44.9 Å². The number of nitriles is 1. The molecule has 0 radical (unpaired) electrons. The molecule has 0 bridgehead atoms. The third kappa shape index (κ3) is 4.16. The second kappa shape index (κ2) is 8.28. The second-order valence-corrected chi connectivity index (χ2v) is 7.97. The van der Waals surface area contributed by atoms with Crippen molar-refractivity contribution in [2.24, 2.45) is 0 Å². The largest absolute Gasteiger partial charge is 0.417 e. The topological polar surface area (TPSA) is 73.4 Å². The molecule has 1 heterocycles.